The Balaban J connectivity index is 1.26. The van der Waals surface area contributed by atoms with Gasteiger partial charge in [-0.15, -0.1) is 0 Å². The molecule has 0 saturated carbocycles. The third kappa shape index (κ3) is 5.13. The number of hydrogen-bond acceptors (Lipinski definition) is 6. The van der Waals surface area contributed by atoms with Crippen molar-refractivity contribution >= 4 is 5.95 Å². The van der Waals surface area contributed by atoms with Crippen molar-refractivity contribution in [1.29, 1.82) is 0 Å². The Morgan fingerprint density at radius 3 is 2.31 bits per heavy atom. The Labute approximate surface area is 174 Å². The van der Waals surface area contributed by atoms with Crippen molar-refractivity contribution in [2.24, 2.45) is 0 Å². The molecule has 2 aromatic rings. The van der Waals surface area contributed by atoms with E-state index in [4.69, 9.17) is 0 Å². The molecule has 0 bridgehead atoms. The number of aliphatic hydroxyl groups excluding tert-OH is 1. The molecular formula is C23H33N5O. The van der Waals surface area contributed by atoms with Gasteiger partial charge in [-0.25, -0.2) is 9.97 Å². The average molecular weight is 396 g/mol. The van der Waals surface area contributed by atoms with Crippen LogP contribution in [0.2, 0.25) is 0 Å². The number of nitrogens with zero attached hydrogens (tertiary/aromatic N) is 5. The fourth-order valence-electron chi connectivity index (χ4n) is 4.63. The summed E-state index contributed by atoms with van der Waals surface area (Å²) in [5, 5.41) is 10.9. The van der Waals surface area contributed by atoms with Gasteiger partial charge in [-0.2, -0.15) is 0 Å². The van der Waals surface area contributed by atoms with Crippen molar-refractivity contribution in [3.8, 4) is 0 Å². The van der Waals surface area contributed by atoms with Gasteiger partial charge in [0.2, 0.25) is 5.95 Å². The van der Waals surface area contributed by atoms with Gasteiger partial charge in [0.05, 0.1) is 6.10 Å². The van der Waals surface area contributed by atoms with Gasteiger partial charge >= 0.3 is 0 Å². The van der Waals surface area contributed by atoms with Crippen LogP contribution in [0.15, 0.2) is 36.4 Å². The second-order valence-electron chi connectivity index (χ2n) is 8.43. The van der Waals surface area contributed by atoms with E-state index >= 15 is 0 Å². The highest BCUT2D eigenvalue weighted by Gasteiger charge is 2.34. The highest BCUT2D eigenvalue weighted by atomic mass is 16.3. The van der Waals surface area contributed by atoms with Gasteiger partial charge in [-0.1, -0.05) is 30.3 Å². The molecule has 1 N–H and O–H groups in total. The summed E-state index contributed by atoms with van der Waals surface area (Å²) in [7, 11) is 0. The molecule has 2 atom stereocenters. The number of aliphatic hydroxyl groups is 1. The molecule has 0 aliphatic carbocycles. The van der Waals surface area contributed by atoms with Crippen LogP contribution in [0.3, 0.4) is 0 Å². The first-order chi connectivity index (χ1) is 14.1. The summed E-state index contributed by atoms with van der Waals surface area (Å²) in [5.74, 6) is 0.755. The summed E-state index contributed by atoms with van der Waals surface area (Å²) in [6.45, 7) is 10.9. The standard InChI is InChI=1S/C23H33N5O/c1-18-16-19(2)25-23(24-18)28-11-9-21(22(29)17-28)27-14-12-26(13-15-27)10-8-20-6-4-3-5-7-20/h3-7,16,21-22,29H,8-15,17H2,1-2H3/t21-,22-/m1/s1. The molecule has 6 heteroatoms. The van der Waals surface area contributed by atoms with E-state index in [0.29, 0.717) is 6.54 Å². The molecule has 0 amide bonds. The zero-order valence-electron chi connectivity index (χ0n) is 17.7. The third-order valence-corrected chi connectivity index (χ3v) is 6.24. The summed E-state index contributed by atoms with van der Waals surface area (Å²) < 4.78 is 0. The number of rotatable bonds is 5. The van der Waals surface area contributed by atoms with Crippen molar-refractivity contribution in [1.82, 2.24) is 19.8 Å². The van der Waals surface area contributed by atoms with Gasteiger partial charge in [-0.05, 0) is 38.3 Å². The summed E-state index contributed by atoms with van der Waals surface area (Å²) in [4.78, 5) is 16.3. The minimum atomic E-state index is -0.357. The molecule has 1 aromatic carbocycles. The number of anilines is 1. The van der Waals surface area contributed by atoms with E-state index in [-0.39, 0.29) is 12.1 Å². The number of aromatic nitrogens is 2. The van der Waals surface area contributed by atoms with E-state index in [9.17, 15) is 5.11 Å². The van der Waals surface area contributed by atoms with Gasteiger partial charge in [0, 0.05) is 63.2 Å². The monoisotopic (exact) mass is 395 g/mol. The first-order valence-electron chi connectivity index (χ1n) is 10.8. The molecule has 6 nitrogen and oxygen atoms in total. The summed E-state index contributed by atoms with van der Waals surface area (Å²) in [6, 6.07) is 13.0. The predicted molar refractivity (Wildman–Crippen MR) is 116 cm³/mol. The number of aryl methyl sites for hydroxylation is 2. The largest absolute Gasteiger partial charge is 0.390 e. The molecule has 29 heavy (non-hydrogen) atoms. The molecule has 2 aliphatic heterocycles. The van der Waals surface area contributed by atoms with E-state index in [1.54, 1.807) is 0 Å². The molecule has 1 aromatic heterocycles. The maximum atomic E-state index is 10.9. The fourth-order valence-corrected chi connectivity index (χ4v) is 4.63. The predicted octanol–water partition coefficient (Wildman–Crippen LogP) is 1.89. The highest BCUT2D eigenvalue weighted by Crippen LogP contribution is 2.22. The van der Waals surface area contributed by atoms with Crippen LogP contribution in [0.4, 0.5) is 5.95 Å². The van der Waals surface area contributed by atoms with Crippen LogP contribution in [0.1, 0.15) is 23.4 Å². The van der Waals surface area contributed by atoms with E-state index in [2.05, 4.69) is 55.0 Å². The number of β-amino-alcohol motifs (C(OH)–C–C–N with tert-alkyl or cyclic N) is 1. The number of benzene rings is 1. The van der Waals surface area contributed by atoms with E-state index in [0.717, 1.165) is 69.4 Å². The number of hydrogen-bond donors (Lipinski definition) is 1. The van der Waals surface area contributed by atoms with Crippen molar-refractivity contribution < 1.29 is 5.11 Å². The van der Waals surface area contributed by atoms with Gasteiger partial charge in [0.15, 0.2) is 0 Å². The molecule has 4 rings (SSSR count). The first kappa shape index (κ1) is 20.3. The van der Waals surface area contributed by atoms with Gasteiger partial charge in [0.25, 0.3) is 0 Å². The summed E-state index contributed by atoms with van der Waals surface area (Å²) >= 11 is 0. The Hall–Kier alpha value is -2.02. The highest BCUT2D eigenvalue weighted by molar-refractivity contribution is 5.33. The second-order valence-corrected chi connectivity index (χ2v) is 8.43. The van der Waals surface area contributed by atoms with Crippen molar-refractivity contribution in [3.63, 3.8) is 0 Å². The van der Waals surface area contributed by atoms with Crippen molar-refractivity contribution in [2.75, 3.05) is 50.7 Å². The first-order valence-corrected chi connectivity index (χ1v) is 10.8. The van der Waals surface area contributed by atoms with Gasteiger partial charge in [0.1, 0.15) is 0 Å². The molecule has 2 saturated heterocycles. The molecule has 2 aliphatic rings. The van der Waals surface area contributed by atoms with Crippen LogP contribution in [-0.4, -0.2) is 82.8 Å². The maximum Gasteiger partial charge on any atom is 0.225 e. The lowest BCUT2D eigenvalue weighted by Crippen LogP contribution is -2.59. The SMILES string of the molecule is Cc1cc(C)nc(N2CC[C@@H](N3CCN(CCc4ccccc4)CC3)[C@H](O)C2)n1. The second kappa shape index (κ2) is 9.20. The summed E-state index contributed by atoms with van der Waals surface area (Å²) in [6.07, 6.45) is 1.71. The molecule has 3 heterocycles. The molecule has 0 spiro atoms. The van der Waals surface area contributed by atoms with Crippen LogP contribution >= 0.6 is 0 Å². The zero-order valence-corrected chi connectivity index (χ0v) is 17.7. The molecule has 156 valence electrons. The minimum absolute atomic E-state index is 0.244. The van der Waals surface area contributed by atoms with E-state index < -0.39 is 0 Å². The normalized spacial score (nSPS) is 24.0. The maximum absolute atomic E-state index is 10.9. The van der Waals surface area contributed by atoms with Gasteiger partial charge in [-0.3, -0.25) is 4.90 Å². The Morgan fingerprint density at radius 2 is 1.66 bits per heavy atom. The van der Waals surface area contributed by atoms with Crippen molar-refractivity contribution in [2.45, 2.75) is 38.8 Å². The van der Waals surface area contributed by atoms with E-state index in [1.807, 2.05) is 19.9 Å². The van der Waals surface area contributed by atoms with Crippen molar-refractivity contribution in [3.05, 3.63) is 53.3 Å². The Bertz CT molecular complexity index is 771. The lowest BCUT2D eigenvalue weighted by atomic mass is 9.99. The van der Waals surface area contributed by atoms with Crippen LogP contribution in [0.25, 0.3) is 0 Å². The topological polar surface area (TPSA) is 55.7 Å². The average Bonchev–Trinajstić information content (AvgIpc) is 2.73. The van der Waals surface area contributed by atoms with Crippen LogP contribution in [-0.2, 0) is 6.42 Å². The molecule has 0 unspecified atom stereocenters. The lowest BCUT2D eigenvalue weighted by Gasteiger charge is -2.45. The Morgan fingerprint density at radius 1 is 0.966 bits per heavy atom. The smallest absolute Gasteiger partial charge is 0.225 e. The number of piperidine rings is 1. The lowest BCUT2D eigenvalue weighted by molar-refractivity contribution is 0.00953. The van der Waals surface area contributed by atoms with Crippen LogP contribution in [0.5, 0.6) is 0 Å². The minimum Gasteiger partial charge on any atom is -0.390 e. The quantitative estimate of drug-likeness (QED) is 0.835. The van der Waals surface area contributed by atoms with Crippen LogP contribution in [0, 0.1) is 13.8 Å². The zero-order chi connectivity index (χ0) is 20.2. The van der Waals surface area contributed by atoms with Crippen LogP contribution < -0.4 is 4.90 Å². The molecule has 0 radical (unpaired) electrons. The molecule has 2 fully saturated rings. The third-order valence-electron chi connectivity index (χ3n) is 6.24. The summed E-state index contributed by atoms with van der Waals surface area (Å²) in [5.41, 5.74) is 3.37. The molecular weight excluding hydrogens is 362 g/mol. The van der Waals surface area contributed by atoms with E-state index in [1.165, 1.54) is 5.56 Å². The fraction of sp³-hybridized carbons (Fsp3) is 0.565. The van der Waals surface area contributed by atoms with Gasteiger partial charge < -0.3 is 14.9 Å². The number of piperazine rings is 1. The Kier molecular flexibility index (Phi) is 6.43.